The first-order valence-electron chi connectivity index (χ1n) is 12.7. The number of nitrogens with one attached hydrogen (secondary N) is 1. The first kappa shape index (κ1) is 24.7. The molecule has 2 aliphatic heterocycles. The molecular formula is C26H37NO8. The maximum Gasteiger partial charge on any atom is 0.335 e. The number of amides is 1. The van der Waals surface area contributed by atoms with Gasteiger partial charge >= 0.3 is 5.97 Å². The van der Waals surface area contributed by atoms with Crippen LogP contribution in [-0.2, 0) is 28.6 Å². The van der Waals surface area contributed by atoms with Crippen molar-refractivity contribution in [3.8, 4) is 0 Å². The SMILES string of the molecule is COC1C(=O)OC2CC3C(C)=C(O)C(=O)CC3(C)C3C(O)CC4(C(=O)NCCC(C)C)OC[C@@]23C14. The minimum atomic E-state index is -1.43. The van der Waals surface area contributed by atoms with Crippen LogP contribution in [0.4, 0.5) is 0 Å². The van der Waals surface area contributed by atoms with E-state index in [9.17, 15) is 24.6 Å². The van der Waals surface area contributed by atoms with Crippen LogP contribution >= 0.6 is 0 Å². The van der Waals surface area contributed by atoms with Crippen LogP contribution in [0.3, 0.4) is 0 Å². The van der Waals surface area contributed by atoms with Crippen molar-refractivity contribution in [1.82, 2.24) is 5.32 Å². The Morgan fingerprint density at radius 2 is 2.00 bits per heavy atom. The van der Waals surface area contributed by atoms with Gasteiger partial charge in [0.2, 0.25) is 0 Å². The summed E-state index contributed by atoms with van der Waals surface area (Å²) in [6.07, 6.45) is -1.37. The van der Waals surface area contributed by atoms with Crippen molar-refractivity contribution in [2.75, 3.05) is 20.3 Å². The van der Waals surface area contributed by atoms with Crippen LogP contribution in [0, 0.1) is 34.5 Å². The summed E-state index contributed by atoms with van der Waals surface area (Å²) in [5, 5.41) is 25.1. The van der Waals surface area contributed by atoms with E-state index in [1.54, 1.807) is 6.92 Å². The first-order chi connectivity index (χ1) is 16.4. The van der Waals surface area contributed by atoms with Gasteiger partial charge in [0.05, 0.1) is 12.7 Å². The number of rotatable bonds is 5. The molecule has 5 rings (SSSR count). The summed E-state index contributed by atoms with van der Waals surface area (Å²) >= 11 is 0. The van der Waals surface area contributed by atoms with Crippen LogP contribution in [0.2, 0.25) is 0 Å². The second-order valence-corrected chi connectivity index (χ2v) is 12.0. The molecule has 0 aromatic carbocycles. The van der Waals surface area contributed by atoms with Crippen molar-refractivity contribution in [2.45, 2.75) is 77.3 Å². The Balaban J connectivity index is 1.63. The lowest BCUT2D eigenvalue weighted by Gasteiger charge is -2.66. The molecule has 5 aliphatic rings. The van der Waals surface area contributed by atoms with Gasteiger partial charge in [0, 0.05) is 43.7 Å². The second kappa shape index (κ2) is 8.02. The van der Waals surface area contributed by atoms with Gasteiger partial charge in [-0.1, -0.05) is 20.8 Å². The Labute approximate surface area is 205 Å². The fraction of sp³-hybridized carbons (Fsp3) is 0.808. The summed E-state index contributed by atoms with van der Waals surface area (Å²) in [6, 6.07) is 0. The van der Waals surface area contributed by atoms with E-state index in [4.69, 9.17) is 14.2 Å². The maximum atomic E-state index is 13.7. The molecule has 0 radical (unpaired) electrons. The predicted molar refractivity (Wildman–Crippen MR) is 123 cm³/mol. The number of aliphatic hydroxyl groups excluding tert-OH is 2. The van der Waals surface area contributed by atoms with E-state index in [2.05, 4.69) is 19.2 Å². The van der Waals surface area contributed by atoms with E-state index in [0.29, 0.717) is 24.5 Å². The van der Waals surface area contributed by atoms with E-state index < -0.39 is 52.5 Å². The van der Waals surface area contributed by atoms with Crippen LogP contribution in [0.15, 0.2) is 11.3 Å². The Morgan fingerprint density at radius 3 is 2.66 bits per heavy atom. The highest BCUT2D eigenvalue weighted by atomic mass is 16.6. The number of carbonyl (C=O) groups is 3. The summed E-state index contributed by atoms with van der Waals surface area (Å²) in [4.78, 5) is 39.7. The third-order valence-electron chi connectivity index (χ3n) is 9.83. The minimum Gasteiger partial charge on any atom is -0.504 e. The number of ketones is 1. The summed E-state index contributed by atoms with van der Waals surface area (Å²) in [7, 11) is 1.43. The van der Waals surface area contributed by atoms with Crippen LogP contribution < -0.4 is 5.32 Å². The summed E-state index contributed by atoms with van der Waals surface area (Å²) < 4.78 is 18.0. The molecular weight excluding hydrogens is 454 g/mol. The van der Waals surface area contributed by atoms with Gasteiger partial charge in [-0.25, -0.2) is 4.79 Å². The second-order valence-electron chi connectivity index (χ2n) is 12.0. The molecule has 0 aromatic rings. The largest absolute Gasteiger partial charge is 0.504 e. The van der Waals surface area contributed by atoms with Gasteiger partial charge in [-0.3, -0.25) is 9.59 Å². The van der Waals surface area contributed by atoms with E-state index in [1.807, 2.05) is 6.92 Å². The third kappa shape index (κ3) is 3.07. The molecule has 1 amide bonds. The zero-order chi connectivity index (χ0) is 25.5. The summed E-state index contributed by atoms with van der Waals surface area (Å²) in [5.41, 5.74) is -2.45. The number of ether oxygens (including phenoxy) is 3. The van der Waals surface area contributed by atoms with Gasteiger partial charge in [0.25, 0.3) is 5.91 Å². The number of fused-ring (bicyclic) bond motifs is 2. The molecule has 8 unspecified atom stereocenters. The van der Waals surface area contributed by atoms with Crippen molar-refractivity contribution in [3.05, 3.63) is 11.3 Å². The third-order valence-corrected chi connectivity index (χ3v) is 9.83. The first-order valence-corrected chi connectivity index (χ1v) is 12.7. The average Bonchev–Trinajstić information content (AvgIpc) is 3.02. The topological polar surface area (TPSA) is 131 Å². The number of carbonyl (C=O) groups excluding carboxylic acids is 3. The fourth-order valence-electron chi connectivity index (χ4n) is 8.49. The Hall–Kier alpha value is -1.97. The number of aliphatic hydroxyl groups is 2. The zero-order valence-electron chi connectivity index (χ0n) is 21.1. The van der Waals surface area contributed by atoms with Crippen molar-refractivity contribution in [1.29, 1.82) is 0 Å². The lowest BCUT2D eigenvalue weighted by Crippen LogP contribution is -2.75. The molecule has 2 saturated heterocycles. The number of methoxy groups -OCH3 is 1. The quantitative estimate of drug-likeness (QED) is 0.495. The molecule has 194 valence electrons. The van der Waals surface area contributed by atoms with Crippen molar-refractivity contribution >= 4 is 17.7 Å². The van der Waals surface area contributed by atoms with Crippen LogP contribution in [0.5, 0.6) is 0 Å². The smallest absolute Gasteiger partial charge is 0.335 e. The van der Waals surface area contributed by atoms with Gasteiger partial charge < -0.3 is 29.7 Å². The normalized spacial score (nSPS) is 46.3. The van der Waals surface area contributed by atoms with Crippen LogP contribution in [0.25, 0.3) is 0 Å². The summed E-state index contributed by atoms with van der Waals surface area (Å²) in [6.45, 7) is 8.45. The van der Waals surface area contributed by atoms with E-state index in [-0.39, 0.29) is 42.8 Å². The molecule has 9 nitrogen and oxygen atoms in total. The molecule has 0 aromatic heterocycles. The molecule has 35 heavy (non-hydrogen) atoms. The molecule has 3 aliphatic carbocycles. The molecule has 2 bridgehead atoms. The van der Waals surface area contributed by atoms with Crippen molar-refractivity contribution in [3.63, 3.8) is 0 Å². The zero-order valence-corrected chi connectivity index (χ0v) is 21.1. The van der Waals surface area contributed by atoms with Crippen LogP contribution in [-0.4, -0.2) is 72.0 Å². The van der Waals surface area contributed by atoms with Gasteiger partial charge in [0.15, 0.2) is 23.2 Å². The van der Waals surface area contributed by atoms with Gasteiger partial charge in [-0.05, 0) is 42.6 Å². The molecule has 2 heterocycles. The number of Topliss-reactive ketones (excluding diaryl/α,β-unsaturated/α-hetero) is 1. The highest BCUT2D eigenvalue weighted by Gasteiger charge is 2.81. The standard InChI is InChI=1S/C26H37NO8/c1-12(2)6-7-27-23(32)26-10-16(29)20-24(4)9-15(28)18(30)13(3)14(24)8-17-25(20,11-34-26)21(26)19(33-5)22(31)35-17/h12,14,16-17,19-21,29-30H,6-11H2,1-5H3,(H,27,32)/t14?,16?,17?,19?,20?,21?,24?,25-,26?/m1/s1. The predicted octanol–water partition coefficient (Wildman–Crippen LogP) is 1.67. The monoisotopic (exact) mass is 491 g/mol. The Morgan fingerprint density at radius 1 is 1.29 bits per heavy atom. The molecule has 4 fully saturated rings. The maximum absolute atomic E-state index is 13.7. The van der Waals surface area contributed by atoms with Crippen molar-refractivity contribution < 1.29 is 38.8 Å². The van der Waals surface area contributed by atoms with E-state index >= 15 is 0 Å². The molecule has 3 N–H and O–H groups in total. The Kier molecular flexibility index (Phi) is 5.66. The number of hydrogen-bond acceptors (Lipinski definition) is 8. The van der Waals surface area contributed by atoms with Gasteiger partial charge in [-0.15, -0.1) is 0 Å². The number of allylic oxidation sites excluding steroid dienone is 2. The Bertz CT molecular complexity index is 992. The lowest BCUT2D eigenvalue weighted by atomic mass is 9.38. The van der Waals surface area contributed by atoms with E-state index in [0.717, 1.165) is 6.42 Å². The van der Waals surface area contributed by atoms with Gasteiger partial charge in [0.1, 0.15) is 6.10 Å². The van der Waals surface area contributed by atoms with E-state index in [1.165, 1.54) is 7.11 Å². The molecule has 9 heteroatoms. The van der Waals surface area contributed by atoms with Crippen LogP contribution in [0.1, 0.15) is 53.4 Å². The highest BCUT2D eigenvalue weighted by molar-refractivity contribution is 5.95. The molecule has 2 saturated carbocycles. The highest BCUT2D eigenvalue weighted by Crippen LogP contribution is 2.72. The lowest BCUT2D eigenvalue weighted by molar-refractivity contribution is -0.267. The average molecular weight is 492 g/mol. The number of esters is 1. The molecule has 9 atom stereocenters. The molecule has 1 spiro atoms. The van der Waals surface area contributed by atoms with Crippen molar-refractivity contribution in [2.24, 2.45) is 34.5 Å². The fourth-order valence-corrected chi connectivity index (χ4v) is 8.49. The minimum absolute atomic E-state index is 0.00268. The number of hydrogen-bond donors (Lipinski definition) is 3. The summed E-state index contributed by atoms with van der Waals surface area (Å²) in [5.74, 6) is -2.46. The van der Waals surface area contributed by atoms with Gasteiger partial charge in [-0.2, -0.15) is 0 Å².